The van der Waals surface area contributed by atoms with Gasteiger partial charge in [0.25, 0.3) is 0 Å². The number of nitrogens with one attached hydrogen (secondary N) is 2. The molecule has 0 unspecified atom stereocenters. The summed E-state index contributed by atoms with van der Waals surface area (Å²) in [7, 11) is 1.99. The Morgan fingerprint density at radius 3 is 2.57 bits per heavy atom. The second kappa shape index (κ2) is 10.2. The molecule has 2 aromatic rings. The van der Waals surface area contributed by atoms with Gasteiger partial charge in [-0.2, -0.15) is 5.10 Å². The summed E-state index contributed by atoms with van der Waals surface area (Å²) in [4.78, 5) is 4.76. The number of rotatable bonds is 8. The summed E-state index contributed by atoms with van der Waals surface area (Å²) >= 11 is 0. The molecule has 1 aromatic carbocycles. The Morgan fingerprint density at radius 2 is 1.96 bits per heavy atom. The molecule has 0 spiro atoms. The summed E-state index contributed by atoms with van der Waals surface area (Å²) in [5.74, 6) is 1.73. The SMILES string of the molecule is CCNC(=NCc1ccc(C)cc1OC(C)C)NCCc1c(C)nn(C)c1C. The lowest BCUT2D eigenvalue weighted by Crippen LogP contribution is -2.38. The van der Waals surface area contributed by atoms with Gasteiger partial charge in [0.1, 0.15) is 5.75 Å². The normalized spacial score (nSPS) is 11.8. The molecule has 0 fully saturated rings. The highest BCUT2D eigenvalue weighted by atomic mass is 16.5. The molecule has 1 heterocycles. The molecular weight excluding hydrogens is 350 g/mol. The lowest BCUT2D eigenvalue weighted by molar-refractivity contribution is 0.240. The van der Waals surface area contributed by atoms with Gasteiger partial charge in [-0.05, 0) is 65.2 Å². The maximum atomic E-state index is 5.97. The molecule has 0 aliphatic carbocycles. The van der Waals surface area contributed by atoms with Crippen molar-refractivity contribution in [3.63, 3.8) is 0 Å². The van der Waals surface area contributed by atoms with Gasteiger partial charge in [0.05, 0.1) is 18.3 Å². The molecule has 28 heavy (non-hydrogen) atoms. The number of ether oxygens (including phenoxy) is 1. The van der Waals surface area contributed by atoms with Crippen molar-refractivity contribution >= 4 is 5.96 Å². The van der Waals surface area contributed by atoms with Crippen molar-refractivity contribution in [3.8, 4) is 5.75 Å². The van der Waals surface area contributed by atoms with Gasteiger partial charge in [-0.1, -0.05) is 12.1 Å². The zero-order valence-corrected chi connectivity index (χ0v) is 18.4. The predicted octanol–water partition coefficient (Wildman–Crippen LogP) is 3.43. The lowest BCUT2D eigenvalue weighted by atomic mass is 10.1. The van der Waals surface area contributed by atoms with E-state index in [1.807, 2.05) is 25.6 Å². The average molecular weight is 386 g/mol. The zero-order chi connectivity index (χ0) is 20.7. The molecule has 0 amide bonds. The number of aryl methyl sites for hydroxylation is 3. The average Bonchev–Trinajstić information content (AvgIpc) is 2.86. The van der Waals surface area contributed by atoms with Crippen LogP contribution in [0.15, 0.2) is 23.2 Å². The molecule has 0 aliphatic rings. The van der Waals surface area contributed by atoms with Gasteiger partial charge < -0.3 is 15.4 Å². The fourth-order valence-electron chi connectivity index (χ4n) is 3.15. The Bertz CT molecular complexity index is 807. The maximum absolute atomic E-state index is 5.97. The number of hydrogen-bond donors (Lipinski definition) is 2. The van der Waals surface area contributed by atoms with Crippen molar-refractivity contribution in [2.75, 3.05) is 13.1 Å². The number of hydrogen-bond acceptors (Lipinski definition) is 3. The van der Waals surface area contributed by atoms with Gasteiger partial charge in [-0.25, -0.2) is 4.99 Å². The standard InChI is InChI=1S/C22H35N5O/c1-8-23-22(24-12-11-20-17(5)26-27(7)18(20)6)25-14-19-10-9-16(4)13-21(19)28-15(2)3/h9-10,13,15H,8,11-12,14H2,1-7H3,(H2,23,24,25). The van der Waals surface area contributed by atoms with E-state index in [-0.39, 0.29) is 6.10 Å². The minimum Gasteiger partial charge on any atom is -0.491 e. The monoisotopic (exact) mass is 385 g/mol. The van der Waals surface area contributed by atoms with Crippen molar-refractivity contribution in [1.29, 1.82) is 0 Å². The Hall–Kier alpha value is -2.50. The Balaban J connectivity index is 2.04. The third kappa shape index (κ3) is 6.01. The molecule has 0 atom stereocenters. The first-order valence-electron chi connectivity index (χ1n) is 10.1. The van der Waals surface area contributed by atoms with Crippen LogP contribution in [0.25, 0.3) is 0 Å². The van der Waals surface area contributed by atoms with Crippen LogP contribution in [0.4, 0.5) is 0 Å². The summed E-state index contributed by atoms with van der Waals surface area (Å²) < 4.78 is 7.91. The predicted molar refractivity (Wildman–Crippen MR) is 116 cm³/mol. The number of benzene rings is 1. The van der Waals surface area contributed by atoms with Crippen LogP contribution in [0, 0.1) is 20.8 Å². The molecule has 0 aliphatic heterocycles. The second-order valence-electron chi connectivity index (χ2n) is 7.42. The van der Waals surface area contributed by atoms with Gasteiger partial charge >= 0.3 is 0 Å². The molecule has 0 saturated heterocycles. The topological polar surface area (TPSA) is 63.5 Å². The fourth-order valence-corrected chi connectivity index (χ4v) is 3.15. The highest BCUT2D eigenvalue weighted by molar-refractivity contribution is 5.79. The quantitative estimate of drug-likeness (QED) is 0.540. The lowest BCUT2D eigenvalue weighted by Gasteiger charge is -2.15. The minimum atomic E-state index is 0.141. The van der Waals surface area contributed by atoms with E-state index in [9.17, 15) is 0 Å². The molecular formula is C22H35N5O. The fraction of sp³-hybridized carbons (Fsp3) is 0.545. The maximum Gasteiger partial charge on any atom is 0.191 e. The van der Waals surface area contributed by atoms with E-state index >= 15 is 0 Å². The molecule has 0 bridgehead atoms. The van der Waals surface area contributed by atoms with Gasteiger partial charge in [0, 0.05) is 31.4 Å². The van der Waals surface area contributed by atoms with E-state index in [4.69, 9.17) is 9.73 Å². The summed E-state index contributed by atoms with van der Waals surface area (Å²) in [6, 6.07) is 6.29. The Morgan fingerprint density at radius 1 is 1.21 bits per heavy atom. The van der Waals surface area contributed by atoms with Crippen molar-refractivity contribution in [1.82, 2.24) is 20.4 Å². The van der Waals surface area contributed by atoms with Crippen LogP contribution >= 0.6 is 0 Å². The highest BCUT2D eigenvalue weighted by Crippen LogP contribution is 2.22. The second-order valence-corrected chi connectivity index (χ2v) is 7.42. The van der Waals surface area contributed by atoms with E-state index in [2.05, 4.69) is 61.6 Å². The first kappa shape index (κ1) is 21.8. The first-order valence-corrected chi connectivity index (χ1v) is 10.1. The van der Waals surface area contributed by atoms with Gasteiger partial charge in [0.2, 0.25) is 0 Å². The molecule has 6 heteroatoms. The molecule has 2 N–H and O–H groups in total. The van der Waals surface area contributed by atoms with Crippen molar-refractivity contribution in [3.05, 3.63) is 46.3 Å². The van der Waals surface area contributed by atoms with E-state index in [1.165, 1.54) is 16.8 Å². The Labute approximate surface area is 169 Å². The Kier molecular flexibility index (Phi) is 7.91. The van der Waals surface area contributed by atoms with E-state index in [0.29, 0.717) is 6.54 Å². The van der Waals surface area contributed by atoms with Crippen LogP contribution in [-0.2, 0) is 20.0 Å². The van der Waals surface area contributed by atoms with Crippen molar-refractivity contribution in [2.45, 2.75) is 60.6 Å². The molecule has 1 aromatic heterocycles. The third-order valence-corrected chi connectivity index (χ3v) is 4.66. The molecule has 6 nitrogen and oxygen atoms in total. The summed E-state index contributed by atoms with van der Waals surface area (Å²) in [6.07, 6.45) is 1.06. The van der Waals surface area contributed by atoms with Gasteiger partial charge in [-0.3, -0.25) is 4.68 Å². The van der Waals surface area contributed by atoms with Crippen molar-refractivity contribution < 1.29 is 4.74 Å². The molecule has 0 saturated carbocycles. The number of aliphatic imine (C=N–C) groups is 1. The number of aromatic nitrogens is 2. The first-order chi connectivity index (χ1) is 13.3. The van der Waals surface area contributed by atoms with Crippen molar-refractivity contribution in [2.24, 2.45) is 12.0 Å². The molecule has 0 radical (unpaired) electrons. The number of guanidine groups is 1. The van der Waals surface area contributed by atoms with Crippen LogP contribution in [0.5, 0.6) is 5.75 Å². The number of nitrogens with zero attached hydrogens (tertiary/aromatic N) is 3. The summed E-state index contributed by atoms with van der Waals surface area (Å²) in [5.41, 5.74) is 5.90. The highest BCUT2D eigenvalue weighted by Gasteiger charge is 2.10. The molecule has 2 rings (SSSR count). The zero-order valence-electron chi connectivity index (χ0n) is 18.4. The smallest absolute Gasteiger partial charge is 0.191 e. The largest absolute Gasteiger partial charge is 0.491 e. The summed E-state index contributed by atoms with van der Waals surface area (Å²) in [5, 5.41) is 11.2. The molecule has 154 valence electrons. The summed E-state index contributed by atoms with van der Waals surface area (Å²) in [6.45, 7) is 14.6. The van der Waals surface area contributed by atoms with Crippen LogP contribution in [0.3, 0.4) is 0 Å². The van der Waals surface area contributed by atoms with E-state index in [0.717, 1.165) is 42.5 Å². The third-order valence-electron chi connectivity index (χ3n) is 4.66. The van der Waals surface area contributed by atoms with Crippen LogP contribution in [0.1, 0.15) is 48.8 Å². The van der Waals surface area contributed by atoms with Gasteiger partial charge in [-0.15, -0.1) is 0 Å². The van der Waals surface area contributed by atoms with Crippen LogP contribution in [-0.4, -0.2) is 34.9 Å². The van der Waals surface area contributed by atoms with Crippen LogP contribution in [0.2, 0.25) is 0 Å². The van der Waals surface area contributed by atoms with Crippen LogP contribution < -0.4 is 15.4 Å². The van der Waals surface area contributed by atoms with Gasteiger partial charge in [0.15, 0.2) is 5.96 Å². The van der Waals surface area contributed by atoms with E-state index in [1.54, 1.807) is 0 Å². The van der Waals surface area contributed by atoms with E-state index < -0.39 is 0 Å². The minimum absolute atomic E-state index is 0.141.